The SMILES string of the molecule is Cc1ccc(Cl)c(CNc2nc(=NC3CC3)n3ncc(=Cc4[nH]c(=O)[nH]c4O)c3n2)c1F. The Morgan fingerprint density at radius 1 is 1.38 bits per heavy atom. The average molecular weight is 457 g/mol. The zero-order chi connectivity index (χ0) is 22.4. The van der Waals surface area contributed by atoms with Crippen molar-refractivity contribution in [3.63, 3.8) is 0 Å². The number of nitrogens with zero attached hydrogens (tertiary/aromatic N) is 5. The van der Waals surface area contributed by atoms with E-state index in [9.17, 15) is 14.3 Å². The molecule has 0 bridgehead atoms. The molecule has 1 saturated carbocycles. The Kier molecular flexibility index (Phi) is 4.89. The number of aromatic nitrogens is 6. The van der Waals surface area contributed by atoms with Gasteiger partial charge in [0, 0.05) is 22.3 Å². The third-order valence-electron chi connectivity index (χ3n) is 5.06. The van der Waals surface area contributed by atoms with Crippen LogP contribution in [0.2, 0.25) is 5.02 Å². The van der Waals surface area contributed by atoms with E-state index in [1.54, 1.807) is 19.1 Å². The van der Waals surface area contributed by atoms with Gasteiger partial charge in [-0.25, -0.2) is 14.2 Å². The first-order valence-electron chi connectivity index (χ1n) is 9.89. The first-order chi connectivity index (χ1) is 15.4. The van der Waals surface area contributed by atoms with Crippen molar-refractivity contribution in [1.82, 2.24) is 29.5 Å². The van der Waals surface area contributed by atoms with Gasteiger partial charge in [0.05, 0.1) is 12.2 Å². The number of fused-ring (bicyclic) bond motifs is 1. The highest BCUT2D eigenvalue weighted by molar-refractivity contribution is 6.31. The average Bonchev–Trinajstić information content (AvgIpc) is 3.39. The molecule has 0 aliphatic heterocycles. The van der Waals surface area contributed by atoms with Gasteiger partial charge in [0.1, 0.15) is 11.5 Å². The van der Waals surface area contributed by atoms with Crippen molar-refractivity contribution >= 4 is 29.3 Å². The summed E-state index contributed by atoms with van der Waals surface area (Å²) in [6.07, 6.45) is 5.00. The summed E-state index contributed by atoms with van der Waals surface area (Å²) in [5.41, 5.74) is 1.20. The smallest absolute Gasteiger partial charge is 0.326 e. The highest BCUT2D eigenvalue weighted by Gasteiger charge is 2.21. The summed E-state index contributed by atoms with van der Waals surface area (Å²) in [6, 6.07) is 3.43. The second kappa shape index (κ2) is 7.75. The number of aromatic amines is 2. The molecule has 12 heteroatoms. The van der Waals surface area contributed by atoms with Crippen LogP contribution in [0.25, 0.3) is 11.7 Å². The number of nitrogens with one attached hydrogen (secondary N) is 3. The molecule has 1 aliphatic carbocycles. The fraction of sp³-hybridized carbons (Fsp3) is 0.250. The van der Waals surface area contributed by atoms with Crippen molar-refractivity contribution in [1.29, 1.82) is 0 Å². The van der Waals surface area contributed by atoms with Crippen LogP contribution in [0.3, 0.4) is 0 Å². The Morgan fingerprint density at radius 3 is 2.91 bits per heavy atom. The van der Waals surface area contributed by atoms with Gasteiger partial charge in [0.15, 0.2) is 5.65 Å². The Balaban J connectivity index is 1.60. The third kappa shape index (κ3) is 3.82. The molecule has 0 spiro atoms. The summed E-state index contributed by atoms with van der Waals surface area (Å²) in [6.45, 7) is 1.74. The molecular formula is C20H18ClFN8O2. The second-order valence-corrected chi connectivity index (χ2v) is 7.95. The molecule has 0 radical (unpaired) electrons. The van der Waals surface area contributed by atoms with E-state index in [4.69, 9.17) is 11.6 Å². The first kappa shape index (κ1) is 20.2. The van der Waals surface area contributed by atoms with E-state index >= 15 is 0 Å². The Hall–Kier alpha value is -3.73. The van der Waals surface area contributed by atoms with E-state index in [2.05, 4.69) is 35.3 Å². The van der Waals surface area contributed by atoms with Gasteiger partial charge in [-0.2, -0.15) is 19.6 Å². The monoisotopic (exact) mass is 456 g/mol. The van der Waals surface area contributed by atoms with Crippen LogP contribution in [-0.2, 0) is 6.54 Å². The van der Waals surface area contributed by atoms with E-state index < -0.39 is 5.69 Å². The zero-order valence-electron chi connectivity index (χ0n) is 16.9. The number of anilines is 1. The van der Waals surface area contributed by atoms with Crippen LogP contribution in [0, 0.1) is 12.7 Å². The molecule has 1 fully saturated rings. The summed E-state index contributed by atoms with van der Waals surface area (Å²) >= 11 is 6.17. The Bertz CT molecular complexity index is 1520. The largest absolute Gasteiger partial charge is 0.493 e. The number of aromatic hydroxyl groups is 1. The lowest BCUT2D eigenvalue weighted by Crippen LogP contribution is -2.25. The zero-order valence-corrected chi connectivity index (χ0v) is 17.6. The second-order valence-electron chi connectivity index (χ2n) is 7.54. The van der Waals surface area contributed by atoms with Crippen molar-refractivity contribution in [2.24, 2.45) is 4.99 Å². The number of hydrogen-bond acceptors (Lipinski definition) is 7. The summed E-state index contributed by atoms with van der Waals surface area (Å²) < 4.78 is 16.0. The van der Waals surface area contributed by atoms with Gasteiger partial charge < -0.3 is 15.4 Å². The third-order valence-corrected chi connectivity index (χ3v) is 5.41. The maximum absolute atomic E-state index is 14.5. The van der Waals surface area contributed by atoms with Crippen LogP contribution in [0.1, 0.15) is 29.7 Å². The predicted octanol–water partition coefficient (Wildman–Crippen LogP) is 1.17. The summed E-state index contributed by atoms with van der Waals surface area (Å²) in [4.78, 5) is 29.7. The molecule has 0 amide bonds. The van der Waals surface area contributed by atoms with E-state index in [0.717, 1.165) is 12.8 Å². The van der Waals surface area contributed by atoms with Crippen molar-refractivity contribution in [3.8, 4) is 5.88 Å². The lowest BCUT2D eigenvalue weighted by molar-refractivity contribution is 0.454. The number of aryl methyl sites for hydroxylation is 1. The summed E-state index contributed by atoms with van der Waals surface area (Å²) in [5, 5.41) is 18.0. The maximum Gasteiger partial charge on any atom is 0.326 e. The van der Waals surface area contributed by atoms with Gasteiger partial charge in [0.25, 0.3) is 5.62 Å². The molecule has 1 aromatic carbocycles. The van der Waals surface area contributed by atoms with Crippen molar-refractivity contribution in [2.75, 3.05) is 5.32 Å². The Labute approximate surface area is 184 Å². The molecule has 4 N–H and O–H groups in total. The number of halogens is 2. The standard InChI is InChI=1S/C20H18ClFN8O2/c1-9-2-5-13(21)12(15(9)22)8-23-18-27-16-10(6-14-17(31)28-20(32)26-14)7-24-30(16)19(29-18)25-11-3-4-11/h2,5-7,11,31H,3-4,8H2,1H3,(H,23,25,29)(H2,26,28,32). The van der Waals surface area contributed by atoms with E-state index in [1.165, 1.54) is 16.8 Å². The normalized spacial score (nSPS) is 15.1. The summed E-state index contributed by atoms with van der Waals surface area (Å²) in [7, 11) is 0. The predicted molar refractivity (Wildman–Crippen MR) is 115 cm³/mol. The topological polar surface area (TPSA) is 136 Å². The molecule has 0 atom stereocenters. The number of rotatable bonds is 5. The van der Waals surface area contributed by atoms with Gasteiger partial charge in [-0.1, -0.05) is 17.7 Å². The van der Waals surface area contributed by atoms with Crippen molar-refractivity contribution < 1.29 is 9.50 Å². The molecule has 10 nitrogen and oxygen atoms in total. The summed E-state index contributed by atoms with van der Waals surface area (Å²) in [5.74, 6) is -0.468. The Morgan fingerprint density at radius 2 is 2.19 bits per heavy atom. The fourth-order valence-electron chi connectivity index (χ4n) is 3.20. The molecular weight excluding hydrogens is 439 g/mol. The molecule has 1 aliphatic rings. The number of benzene rings is 1. The van der Waals surface area contributed by atoms with Gasteiger partial charge in [-0.3, -0.25) is 4.98 Å². The lowest BCUT2D eigenvalue weighted by atomic mass is 10.1. The lowest BCUT2D eigenvalue weighted by Gasteiger charge is -2.10. The van der Waals surface area contributed by atoms with Crippen LogP contribution < -0.4 is 21.8 Å². The molecule has 32 heavy (non-hydrogen) atoms. The minimum absolute atomic E-state index is 0.0739. The molecule has 0 unspecified atom stereocenters. The van der Waals surface area contributed by atoms with Crippen LogP contribution >= 0.6 is 11.6 Å². The highest BCUT2D eigenvalue weighted by atomic mass is 35.5. The highest BCUT2D eigenvalue weighted by Crippen LogP contribution is 2.23. The van der Waals surface area contributed by atoms with E-state index in [1.807, 2.05) is 0 Å². The molecule has 0 saturated heterocycles. The molecule has 3 aromatic heterocycles. The minimum atomic E-state index is -0.538. The van der Waals surface area contributed by atoms with Crippen LogP contribution in [0.4, 0.5) is 10.3 Å². The maximum atomic E-state index is 14.5. The molecule has 164 valence electrons. The number of imidazole rings is 1. The molecule has 3 heterocycles. The van der Waals surface area contributed by atoms with Gasteiger partial charge in [-0.05, 0) is 37.5 Å². The molecule has 5 rings (SSSR count). The van der Waals surface area contributed by atoms with Gasteiger partial charge in [-0.15, -0.1) is 0 Å². The quantitative estimate of drug-likeness (QED) is 0.356. The van der Waals surface area contributed by atoms with Crippen LogP contribution in [-0.4, -0.2) is 40.7 Å². The van der Waals surface area contributed by atoms with E-state index in [0.29, 0.717) is 32.6 Å². The van der Waals surface area contributed by atoms with Crippen LogP contribution in [0.5, 0.6) is 5.88 Å². The van der Waals surface area contributed by atoms with Crippen molar-refractivity contribution in [2.45, 2.75) is 32.4 Å². The number of hydrogen-bond donors (Lipinski definition) is 4. The fourth-order valence-corrected chi connectivity index (χ4v) is 3.42. The number of H-pyrrole nitrogens is 2. The van der Waals surface area contributed by atoms with E-state index in [-0.39, 0.29) is 35.9 Å². The molecule has 4 aromatic rings. The van der Waals surface area contributed by atoms with Crippen LogP contribution in [0.15, 0.2) is 28.1 Å². The van der Waals surface area contributed by atoms with Gasteiger partial charge >= 0.3 is 5.69 Å². The van der Waals surface area contributed by atoms with Gasteiger partial charge in [0.2, 0.25) is 11.8 Å². The first-order valence-corrected chi connectivity index (χ1v) is 10.3. The minimum Gasteiger partial charge on any atom is -0.493 e. The van der Waals surface area contributed by atoms with Crippen molar-refractivity contribution in [3.05, 3.63) is 67.3 Å².